The van der Waals surface area contributed by atoms with E-state index in [-0.39, 0.29) is 17.7 Å². The van der Waals surface area contributed by atoms with Crippen LogP contribution in [0.4, 0.5) is 5.82 Å². The molecule has 35 heavy (non-hydrogen) atoms. The number of nitrogens with one attached hydrogen (secondary N) is 3. The van der Waals surface area contributed by atoms with Gasteiger partial charge in [0.2, 0.25) is 15.9 Å². The fraction of sp³-hybridized carbons (Fsp3) is 0.500. The largest absolute Gasteiger partial charge is 0.351 e. The van der Waals surface area contributed by atoms with Crippen molar-refractivity contribution in [3.63, 3.8) is 0 Å². The summed E-state index contributed by atoms with van der Waals surface area (Å²) in [7, 11) is -1.76. The van der Waals surface area contributed by atoms with Crippen LogP contribution in [0.15, 0.2) is 18.6 Å². The number of hydrogen-bond acceptors (Lipinski definition) is 8. The summed E-state index contributed by atoms with van der Waals surface area (Å²) in [5.74, 6) is -0.501. The molecule has 2 aliphatic rings. The van der Waals surface area contributed by atoms with E-state index in [4.69, 9.17) is 0 Å². The molecule has 1 fully saturated rings. The number of aryl methyl sites for hydroxylation is 1. The highest BCUT2D eigenvalue weighted by Crippen LogP contribution is 2.31. The van der Waals surface area contributed by atoms with Gasteiger partial charge in [0.25, 0.3) is 5.91 Å². The molecule has 0 radical (unpaired) electrons. The van der Waals surface area contributed by atoms with E-state index >= 15 is 0 Å². The van der Waals surface area contributed by atoms with Crippen LogP contribution >= 0.6 is 0 Å². The van der Waals surface area contributed by atoms with Crippen molar-refractivity contribution in [1.29, 1.82) is 0 Å². The third-order valence-corrected chi connectivity index (χ3v) is 8.12. The first-order valence-electron chi connectivity index (χ1n) is 11.7. The molecule has 0 bridgehead atoms. The van der Waals surface area contributed by atoms with Crippen molar-refractivity contribution in [2.24, 2.45) is 13.0 Å². The predicted molar refractivity (Wildman–Crippen MR) is 128 cm³/mol. The molecule has 12 nitrogen and oxygen atoms in total. The Balaban J connectivity index is 1.25. The van der Waals surface area contributed by atoms with Crippen LogP contribution in [0.2, 0.25) is 0 Å². The molecular formula is C22H28N8O4S. The smallest absolute Gasteiger partial charge is 0.272 e. The number of carbonyl (C=O) groups is 2. The number of anilines is 1. The summed E-state index contributed by atoms with van der Waals surface area (Å²) in [6.45, 7) is 2.97. The van der Waals surface area contributed by atoms with E-state index in [0.29, 0.717) is 31.5 Å². The topological polar surface area (TPSA) is 155 Å². The van der Waals surface area contributed by atoms with Gasteiger partial charge in [0, 0.05) is 56.0 Å². The van der Waals surface area contributed by atoms with Crippen LogP contribution in [-0.2, 0) is 34.8 Å². The highest BCUT2D eigenvalue weighted by Gasteiger charge is 2.38. The molecule has 0 unspecified atom stereocenters. The van der Waals surface area contributed by atoms with Crippen LogP contribution in [0, 0.1) is 5.92 Å². The Labute approximate surface area is 202 Å². The Morgan fingerprint density at radius 3 is 2.83 bits per heavy atom. The second kappa shape index (κ2) is 8.95. The van der Waals surface area contributed by atoms with Crippen LogP contribution in [-0.4, -0.2) is 63.3 Å². The van der Waals surface area contributed by atoms with E-state index in [9.17, 15) is 18.0 Å². The minimum atomic E-state index is -3.60. The number of nitrogens with zero attached hydrogens (tertiary/aromatic N) is 5. The average Bonchev–Trinajstić information content (AvgIpc) is 3.39. The standard InChI is InChI=1S/C22H28N8O4S/c1-3-8-35(33,34)28-21(31)13-9-14(10-13)26-22(32)18-16-11-30(7-5-17(16)29(2)27-18)20-15-4-6-23-19(15)24-12-25-20/h4,6,12-14H,3,5,7-11H2,1-2H3,(H,26,32)(H,28,31)(H,23,24,25)/t13-,14-. The van der Waals surface area contributed by atoms with Gasteiger partial charge in [-0.05, 0) is 25.3 Å². The highest BCUT2D eigenvalue weighted by atomic mass is 32.2. The molecule has 3 aromatic heterocycles. The van der Waals surface area contributed by atoms with E-state index in [0.717, 1.165) is 41.1 Å². The Morgan fingerprint density at radius 1 is 1.26 bits per heavy atom. The Hall–Kier alpha value is -3.48. The minimum Gasteiger partial charge on any atom is -0.351 e. The number of rotatable bonds is 7. The molecule has 3 N–H and O–H groups in total. The number of H-pyrrole nitrogens is 1. The zero-order chi connectivity index (χ0) is 24.7. The maximum absolute atomic E-state index is 13.1. The van der Waals surface area contributed by atoms with Crippen molar-refractivity contribution in [2.45, 2.75) is 45.2 Å². The van der Waals surface area contributed by atoms with Gasteiger partial charge in [0.1, 0.15) is 17.8 Å². The number of amides is 2. The van der Waals surface area contributed by atoms with E-state index in [1.54, 1.807) is 11.6 Å². The first kappa shape index (κ1) is 23.3. The molecule has 13 heteroatoms. The molecule has 4 heterocycles. The molecule has 186 valence electrons. The number of fused-ring (bicyclic) bond motifs is 2. The molecule has 5 rings (SSSR count). The van der Waals surface area contributed by atoms with Crippen molar-refractivity contribution < 1.29 is 18.0 Å². The Kier molecular flexibility index (Phi) is 5.95. The van der Waals surface area contributed by atoms with Crippen molar-refractivity contribution in [3.05, 3.63) is 35.5 Å². The van der Waals surface area contributed by atoms with Crippen molar-refractivity contribution in [2.75, 3.05) is 17.2 Å². The van der Waals surface area contributed by atoms with Gasteiger partial charge in [-0.25, -0.2) is 18.4 Å². The summed E-state index contributed by atoms with van der Waals surface area (Å²) >= 11 is 0. The van der Waals surface area contributed by atoms with Crippen molar-refractivity contribution >= 4 is 38.7 Å². The molecule has 3 aromatic rings. The molecule has 2 amide bonds. The first-order chi connectivity index (χ1) is 16.8. The summed E-state index contributed by atoms with van der Waals surface area (Å²) in [4.78, 5) is 39.3. The lowest BCUT2D eigenvalue weighted by molar-refractivity contribution is -0.126. The zero-order valence-electron chi connectivity index (χ0n) is 19.6. The van der Waals surface area contributed by atoms with Gasteiger partial charge < -0.3 is 15.2 Å². The number of hydrogen-bond donors (Lipinski definition) is 3. The highest BCUT2D eigenvalue weighted by molar-refractivity contribution is 7.90. The van der Waals surface area contributed by atoms with Crippen molar-refractivity contribution in [3.8, 4) is 0 Å². The van der Waals surface area contributed by atoms with Crippen LogP contribution in [0.1, 0.15) is 47.9 Å². The van der Waals surface area contributed by atoms with Gasteiger partial charge in [0.05, 0.1) is 11.1 Å². The predicted octanol–water partition coefficient (Wildman–Crippen LogP) is 0.619. The molecule has 0 spiro atoms. The quantitative estimate of drug-likeness (QED) is 0.426. The molecule has 0 saturated heterocycles. The lowest BCUT2D eigenvalue weighted by atomic mass is 9.80. The molecular weight excluding hydrogens is 472 g/mol. The summed E-state index contributed by atoms with van der Waals surface area (Å²) in [6, 6.07) is 1.74. The monoisotopic (exact) mass is 500 g/mol. The first-order valence-corrected chi connectivity index (χ1v) is 13.3. The van der Waals surface area contributed by atoms with E-state index in [1.807, 2.05) is 19.3 Å². The van der Waals surface area contributed by atoms with E-state index < -0.39 is 21.8 Å². The lowest BCUT2D eigenvalue weighted by Gasteiger charge is -2.34. The van der Waals surface area contributed by atoms with Gasteiger partial charge in [-0.3, -0.25) is 19.0 Å². The molecule has 1 saturated carbocycles. The average molecular weight is 501 g/mol. The van der Waals surface area contributed by atoms with Gasteiger partial charge in [0.15, 0.2) is 5.69 Å². The number of aromatic nitrogens is 5. The van der Waals surface area contributed by atoms with Crippen molar-refractivity contribution in [1.82, 2.24) is 34.8 Å². The maximum Gasteiger partial charge on any atom is 0.272 e. The number of carbonyl (C=O) groups excluding carboxylic acids is 2. The summed E-state index contributed by atoms with van der Waals surface area (Å²) < 4.78 is 27.5. The SMILES string of the molecule is CCCS(=O)(=O)NC(=O)[C@H]1C[C@H](NC(=O)c2nn(C)c3c2CN(c2ncnc4[nH]ccc24)CC3)C1. The van der Waals surface area contributed by atoms with Gasteiger partial charge in [-0.15, -0.1) is 0 Å². The second-order valence-corrected chi connectivity index (χ2v) is 11.0. The van der Waals surface area contributed by atoms with Crippen LogP contribution < -0.4 is 14.9 Å². The molecule has 1 aliphatic carbocycles. The maximum atomic E-state index is 13.1. The van der Waals surface area contributed by atoms with Gasteiger partial charge in [-0.2, -0.15) is 5.10 Å². The van der Waals surface area contributed by atoms with Crippen LogP contribution in [0.25, 0.3) is 11.0 Å². The van der Waals surface area contributed by atoms with E-state index in [1.165, 1.54) is 6.33 Å². The zero-order valence-corrected chi connectivity index (χ0v) is 20.4. The fourth-order valence-electron chi connectivity index (χ4n) is 4.83. The van der Waals surface area contributed by atoms with Gasteiger partial charge >= 0.3 is 0 Å². The Morgan fingerprint density at radius 2 is 2.06 bits per heavy atom. The number of sulfonamides is 1. The third kappa shape index (κ3) is 4.47. The summed E-state index contributed by atoms with van der Waals surface area (Å²) in [5.41, 5.74) is 3.00. The molecule has 1 aliphatic heterocycles. The minimum absolute atomic E-state index is 0.0853. The van der Waals surface area contributed by atoms with Crippen LogP contribution in [0.5, 0.6) is 0 Å². The Bertz CT molecular complexity index is 1390. The van der Waals surface area contributed by atoms with Gasteiger partial charge in [-0.1, -0.05) is 6.92 Å². The molecule has 0 aromatic carbocycles. The normalized spacial score (nSPS) is 19.8. The number of aromatic amines is 1. The second-order valence-electron chi connectivity index (χ2n) is 9.13. The lowest BCUT2D eigenvalue weighted by Crippen LogP contribution is -2.50. The summed E-state index contributed by atoms with van der Waals surface area (Å²) in [6.07, 6.45) is 5.30. The summed E-state index contributed by atoms with van der Waals surface area (Å²) in [5, 5.41) is 8.37. The molecule has 0 atom stereocenters. The van der Waals surface area contributed by atoms with Crippen LogP contribution in [0.3, 0.4) is 0 Å². The fourth-order valence-corrected chi connectivity index (χ4v) is 5.94. The van der Waals surface area contributed by atoms with E-state index in [2.05, 4.69) is 35.0 Å². The third-order valence-electron chi connectivity index (χ3n) is 6.66.